The van der Waals surface area contributed by atoms with Crippen LogP contribution in [0.4, 0.5) is 0 Å². The Morgan fingerprint density at radius 3 is 1.17 bits per heavy atom. The minimum Gasteiger partial charge on any atom is -0.309 e. The molecule has 0 aliphatic carbocycles. The molecule has 11 aromatic rings. The van der Waals surface area contributed by atoms with Crippen molar-refractivity contribution in [2.24, 2.45) is 0 Å². The molecule has 0 saturated carbocycles. The molecule has 0 amide bonds. The van der Waals surface area contributed by atoms with Crippen molar-refractivity contribution in [2.75, 3.05) is 0 Å². The summed E-state index contributed by atoms with van der Waals surface area (Å²) < 4.78 is 7.36. The average molecular weight is 794 g/mol. The highest BCUT2D eigenvalue weighted by Crippen LogP contribution is 2.40. The molecule has 11 rings (SSSR count). The van der Waals surface area contributed by atoms with E-state index < -0.39 is 16.1 Å². The van der Waals surface area contributed by atoms with Gasteiger partial charge >= 0.3 is 0 Å². The van der Waals surface area contributed by atoms with Crippen LogP contribution in [0, 0.1) is 0 Å². The van der Waals surface area contributed by atoms with E-state index in [4.69, 9.17) is 0 Å². The number of para-hydroxylation sites is 3. The zero-order chi connectivity index (χ0) is 40.2. The summed E-state index contributed by atoms with van der Waals surface area (Å²) in [5.41, 5.74) is 13.3. The highest BCUT2D eigenvalue weighted by molar-refractivity contribution is 6.89. The van der Waals surface area contributed by atoms with Crippen LogP contribution in [0.5, 0.6) is 0 Å². The van der Waals surface area contributed by atoms with Gasteiger partial charge in [0, 0.05) is 49.4 Å². The van der Waals surface area contributed by atoms with Crippen LogP contribution in [-0.4, -0.2) is 29.8 Å². The van der Waals surface area contributed by atoms with E-state index in [0.29, 0.717) is 0 Å². The highest BCUT2D eigenvalue weighted by atomic mass is 28.3. The van der Waals surface area contributed by atoms with E-state index in [1.165, 1.54) is 104 Å². The molecular formula is C54H47N3Si2. The summed E-state index contributed by atoms with van der Waals surface area (Å²) in [6.45, 7) is 14.6. The number of benzene rings is 8. The number of fused-ring (bicyclic) bond motifs is 9. The minimum absolute atomic E-state index is 1.17. The van der Waals surface area contributed by atoms with Crippen molar-refractivity contribution in [3.63, 3.8) is 0 Å². The molecule has 5 heteroatoms. The van der Waals surface area contributed by atoms with Crippen LogP contribution in [0.1, 0.15) is 0 Å². The lowest BCUT2D eigenvalue weighted by Crippen LogP contribution is -2.37. The van der Waals surface area contributed by atoms with Gasteiger partial charge in [0.15, 0.2) is 0 Å². The normalized spacial score (nSPS) is 12.6. The molecule has 0 atom stereocenters. The number of rotatable bonds is 6. The number of nitrogens with zero attached hydrogens (tertiary/aromatic N) is 3. The fourth-order valence-electron chi connectivity index (χ4n) is 9.42. The Kier molecular flexibility index (Phi) is 7.90. The first-order valence-electron chi connectivity index (χ1n) is 20.9. The van der Waals surface area contributed by atoms with Gasteiger partial charge in [0.1, 0.15) is 0 Å². The molecule has 3 heterocycles. The molecule has 8 aromatic carbocycles. The molecule has 0 aliphatic heterocycles. The third kappa shape index (κ3) is 5.67. The van der Waals surface area contributed by atoms with Gasteiger partial charge in [-0.25, -0.2) is 0 Å². The van der Waals surface area contributed by atoms with Gasteiger partial charge in [-0.3, -0.25) is 0 Å². The number of hydrogen-bond donors (Lipinski definition) is 0. The monoisotopic (exact) mass is 793 g/mol. The van der Waals surface area contributed by atoms with E-state index in [1.807, 2.05) is 0 Å². The SMILES string of the molecule is C[Si](C)(C)c1ccc2c(c1)c1ccc(-c3ccc4c5cc([Si](C)(C)C)ccc5n(-c5ccc6c(c5)c5ccccc5n6-c5ccccc5)c4c3)cc1n2-c1ccccc1. The smallest absolute Gasteiger partial charge is 0.0776 e. The summed E-state index contributed by atoms with van der Waals surface area (Å²) in [5, 5.41) is 10.7. The van der Waals surface area contributed by atoms with Crippen LogP contribution >= 0.6 is 0 Å². The maximum absolute atomic E-state index is 2.51. The maximum Gasteiger partial charge on any atom is 0.0776 e. The summed E-state index contributed by atoms with van der Waals surface area (Å²) in [6.07, 6.45) is 0. The number of hydrogen-bond acceptors (Lipinski definition) is 0. The van der Waals surface area contributed by atoms with Crippen LogP contribution < -0.4 is 10.4 Å². The van der Waals surface area contributed by atoms with Crippen molar-refractivity contribution in [3.05, 3.63) is 176 Å². The molecule has 0 spiro atoms. The van der Waals surface area contributed by atoms with Gasteiger partial charge in [0.05, 0.1) is 49.2 Å². The summed E-state index contributed by atoms with van der Waals surface area (Å²) >= 11 is 0. The quantitative estimate of drug-likeness (QED) is 0.149. The Labute approximate surface area is 347 Å². The fraction of sp³-hybridized carbons (Fsp3) is 0.111. The Bertz CT molecular complexity index is 3450. The average Bonchev–Trinajstić information content (AvgIpc) is 3.88. The van der Waals surface area contributed by atoms with Crippen molar-refractivity contribution in [1.29, 1.82) is 0 Å². The Balaban J connectivity index is 1.16. The van der Waals surface area contributed by atoms with Crippen molar-refractivity contribution >= 4 is 91.9 Å². The molecule has 0 N–H and O–H groups in total. The first-order valence-corrected chi connectivity index (χ1v) is 27.9. The zero-order valence-electron chi connectivity index (χ0n) is 34.6. The second-order valence-electron chi connectivity index (χ2n) is 18.3. The van der Waals surface area contributed by atoms with Crippen molar-refractivity contribution in [2.45, 2.75) is 39.3 Å². The molecule has 3 aromatic heterocycles. The third-order valence-corrected chi connectivity index (χ3v) is 16.6. The lowest BCUT2D eigenvalue weighted by molar-refractivity contribution is 1.17. The molecule has 3 nitrogen and oxygen atoms in total. The molecule has 0 aliphatic rings. The van der Waals surface area contributed by atoms with Gasteiger partial charge in [0.2, 0.25) is 0 Å². The second-order valence-corrected chi connectivity index (χ2v) is 28.5. The lowest BCUT2D eigenvalue weighted by atomic mass is 10.0. The van der Waals surface area contributed by atoms with Gasteiger partial charge < -0.3 is 13.7 Å². The van der Waals surface area contributed by atoms with Gasteiger partial charge in [-0.05, 0) is 83.9 Å². The Morgan fingerprint density at radius 1 is 0.271 bits per heavy atom. The molecule has 286 valence electrons. The van der Waals surface area contributed by atoms with E-state index in [0.717, 1.165) is 0 Å². The second kappa shape index (κ2) is 13.1. The van der Waals surface area contributed by atoms with E-state index in [9.17, 15) is 0 Å². The van der Waals surface area contributed by atoms with Gasteiger partial charge in [-0.15, -0.1) is 0 Å². The van der Waals surface area contributed by atoms with Crippen molar-refractivity contribution < 1.29 is 0 Å². The summed E-state index contributed by atoms with van der Waals surface area (Å²) in [5.74, 6) is 0. The van der Waals surface area contributed by atoms with Gasteiger partial charge in [-0.1, -0.05) is 153 Å². The van der Waals surface area contributed by atoms with E-state index in [2.05, 4.69) is 229 Å². The molecular weight excluding hydrogens is 747 g/mol. The summed E-state index contributed by atoms with van der Waals surface area (Å²) in [6, 6.07) is 66.1. The minimum atomic E-state index is -1.57. The molecule has 0 radical (unpaired) electrons. The number of aromatic nitrogens is 3. The van der Waals surface area contributed by atoms with Crippen molar-refractivity contribution in [3.8, 4) is 28.2 Å². The molecule has 0 unspecified atom stereocenters. The van der Waals surface area contributed by atoms with Gasteiger partial charge in [-0.2, -0.15) is 0 Å². The van der Waals surface area contributed by atoms with Crippen LogP contribution in [0.25, 0.3) is 93.6 Å². The topological polar surface area (TPSA) is 14.8 Å². The molecule has 0 fully saturated rings. The first-order chi connectivity index (χ1) is 28.5. The molecule has 0 bridgehead atoms. The zero-order valence-corrected chi connectivity index (χ0v) is 36.6. The Morgan fingerprint density at radius 2 is 0.661 bits per heavy atom. The van der Waals surface area contributed by atoms with Crippen LogP contribution in [0.15, 0.2) is 176 Å². The van der Waals surface area contributed by atoms with Gasteiger partial charge in [0.25, 0.3) is 0 Å². The fourth-order valence-corrected chi connectivity index (χ4v) is 11.7. The van der Waals surface area contributed by atoms with Crippen LogP contribution in [0.2, 0.25) is 39.3 Å². The highest BCUT2D eigenvalue weighted by Gasteiger charge is 2.23. The molecule has 59 heavy (non-hydrogen) atoms. The predicted molar refractivity (Wildman–Crippen MR) is 261 cm³/mol. The summed E-state index contributed by atoms with van der Waals surface area (Å²) in [4.78, 5) is 0. The largest absolute Gasteiger partial charge is 0.309 e. The van der Waals surface area contributed by atoms with Crippen LogP contribution in [0.3, 0.4) is 0 Å². The third-order valence-electron chi connectivity index (χ3n) is 12.5. The maximum atomic E-state index is 2.51. The summed E-state index contributed by atoms with van der Waals surface area (Å²) in [7, 11) is -3.08. The van der Waals surface area contributed by atoms with E-state index in [1.54, 1.807) is 0 Å². The lowest BCUT2D eigenvalue weighted by Gasteiger charge is -2.17. The molecule has 0 saturated heterocycles. The standard InChI is InChI=1S/C54H47N3Si2/c1-58(2,3)41-24-29-51-47(34-41)44-26-21-36(31-53(44)56(51)39-17-11-8-12-18-39)37-22-27-45-48-35-42(59(4,5)6)25-30-52(48)57(54(45)32-37)40-23-28-50-46(33-40)43-19-13-14-20-49(43)55(50)38-15-9-7-10-16-38/h7-35H,1-6H3. The van der Waals surface area contributed by atoms with E-state index in [-0.39, 0.29) is 0 Å². The van der Waals surface area contributed by atoms with E-state index >= 15 is 0 Å². The predicted octanol–water partition coefficient (Wildman–Crippen LogP) is 13.7. The van der Waals surface area contributed by atoms with Crippen molar-refractivity contribution in [1.82, 2.24) is 13.7 Å². The first kappa shape index (κ1) is 35.7. The van der Waals surface area contributed by atoms with Crippen LogP contribution in [-0.2, 0) is 0 Å². The Hall–Kier alpha value is -6.41.